The van der Waals surface area contributed by atoms with E-state index in [0.717, 1.165) is 74.8 Å². The molecule has 2 aromatic carbocycles. The van der Waals surface area contributed by atoms with Gasteiger partial charge in [-0.05, 0) is 55.5 Å². The zero-order valence-corrected chi connectivity index (χ0v) is 25.4. The second-order valence-corrected chi connectivity index (χ2v) is 13.8. The summed E-state index contributed by atoms with van der Waals surface area (Å²) in [5.74, 6) is 0.186. The maximum absolute atomic E-state index is 13.2. The number of hydrogen-bond donors (Lipinski definition) is 2. The Bertz CT molecular complexity index is 1170. The summed E-state index contributed by atoms with van der Waals surface area (Å²) in [5, 5.41) is 13.6. The van der Waals surface area contributed by atoms with Gasteiger partial charge >= 0.3 is 0 Å². The fourth-order valence-corrected chi connectivity index (χ4v) is 7.59. The van der Waals surface area contributed by atoms with Crippen LogP contribution < -0.4 is 10.1 Å². The number of sulfone groups is 1. The molecule has 1 fully saturated rings. The minimum Gasteiger partial charge on any atom is -0.463 e. The van der Waals surface area contributed by atoms with Crippen LogP contribution in [0.3, 0.4) is 0 Å². The van der Waals surface area contributed by atoms with Crippen LogP contribution >= 0.6 is 0 Å². The standard InChI is InChI=1S/C32H47NO7S/c1-32(2)39-24-27-22-26(16-17-30(27)40-32)29(34)23-33-18-10-3-4-11-19-37-20-21-38-31(25-12-6-5-7-13-25)41(35,36)28-14-8-9-15-28/h5-7,12-13,16-17,22,28-29,31,33-34H,3-4,8-11,14-15,18-21,23-24H2,1-2H3/t29-,31?/m0/s1. The molecule has 41 heavy (non-hydrogen) atoms. The summed E-state index contributed by atoms with van der Waals surface area (Å²) in [6.07, 6.45) is 6.88. The van der Waals surface area contributed by atoms with Crippen molar-refractivity contribution in [3.8, 4) is 5.75 Å². The molecule has 2 aliphatic rings. The third-order valence-corrected chi connectivity index (χ3v) is 10.2. The largest absolute Gasteiger partial charge is 0.463 e. The summed E-state index contributed by atoms with van der Waals surface area (Å²) in [6.45, 7) is 6.85. The summed E-state index contributed by atoms with van der Waals surface area (Å²) in [4.78, 5) is 0. The number of aliphatic hydroxyl groups is 1. The Morgan fingerprint density at radius 3 is 2.51 bits per heavy atom. The van der Waals surface area contributed by atoms with E-state index in [2.05, 4.69) is 5.32 Å². The van der Waals surface area contributed by atoms with Gasteiger partial charge < -0.3 is 29.4 Å². The van der Waals surface area contributed by atoms with Crippen LogP contribution in [0.25, 0.3) is 0 Å². The van der Waals surface area contributed by atoms with E-state index in [1.165, 1.54) is 0 Å². The quantitative estimate of drug-likeness (QED) is 0.230. The molecule has 2 N–H and O–H groups in total. The van der Waals surface area contributed by atoms with Crippen LogP contribution in [0.2, 0.25) is 0 Å². The van der Waals surface area contributed by atoms with Gasteiger partial charge in [0.2, 0.25) is 5.79 Å². The number of hydrogen-bond acceptors (Lipinski definition) is 8. The average Bonchev–Trinajstić information content (AvgIpc) is 3.51. The molecule has 2 atom stereocenters. The van der Waals surface area contributed by atoms with Crippen molar-refractivity contribution >= 4 is 9.84 Å². The van der Waals surface area contributed by atoms with Crippen molar-refractivity contribution < 1.29 is 32.5 Å². The van der Waals surface area contributed by atoms with E-state index in [1.54, 1.807) is 0 Å². The first-order valence-electron chi connectivity index (χ1n) is 15.1. The molecule has 0 amide bonds. The molecule has 8 nitrogen and oxygen atoms in total. The van der Waals surface area contributed by atoms with Gasteiger partial charge in [0.1, 0.15) is 5.75 Å². The monoisotopic (exact) mass is 589 g/mol. The number of ether oxygens (including phenoxy) is 4. The van der Waals surface area contributed by atoms with Crippen LogP contribution in [-0.4, -0.2) is 57.5 Å². The van der Waals surface area contributed by atoms with Crippen molar-refractivity contribution in [2.45, 2.75) is 94.4 Å². The topological polar surface area (TPSA) is 103 Å². The Labute approximate surface area is 245 Å². The number of fused-ring (bicyclic) bond motifs is 1. The molecule has 0 aromatic heterocycles. The summed E-state index contributed by atoms with van der Waals surface area (Å²) in [6, 6.07) is 15.0. The molecule has 1 heterocycles. The lowest BCUT2D eigenvalue weighted by Gasteiger charge is -2.33. The fraction of sp³-hybridized carbons (Fsp3) is 0.625. The van der Waals surface area contributed by atoms with Crippen molar-refractivity contribution in [3.05, 3.63) is 65.2 Å². The SMILES string of the molecule is CC1(C)OCc2cc([C@@H](O)CNCCCCCCOCCOC(c3ccccc3)S(=O)(=O)C3CCCC3)ccc2O1. The molecule has 1 unspecified atom stereocenters. The highest BCUT2D eigenvalue weighted by Gasteiger charge is 2.37. The van der Waals surface area contributed by atoms with E-state index < -0.39 is 27.2 Å². The maximum Gasteiger partial charge on any atom is 0.205 e. The Kier molecular flexibility index (Phi) is 12.0. The normalized spacial score (nSPS) is 18.5. The highest BCUT2D eigenvalue weighted by atomic mass is 32.2. The molecular weight excluding hydrogens is 542 g/mol. The van der Waals surface area contributed by atoms with E-state index >= 15 is 0 Å². The van der Waals surface area contributed by atoms with Gasteiger partial charge in [0.05, 0.1) is 31.2 Å². The van der Waals surface area contributed by atoms with Crippen LogP contribution in [-0.2, 0) is 30.7 Å². The van der Waals surface area contributed by atoms with Gasteiger partial charge in [-0.1, -0.05) is 62.1 Å². The zero-order valence-electron chi connectivity index (χ0n) is 24.6. The molecule has 0 spiro atoms. The lowest BCUT2D eigenvalue weighted by Crippen LogP contribution is -2.35. The molecular formula is C32H47NO7S. The maximum atomic E-state index is 13.2. The first kappa shape index (κ1) is 31.9. The summed E-state index contributed by atoms with van der Waals surface area (Å²) in [5.41, 5.74) is 1.58. The molecule has 0 saturated heterocycles. The van der Waals surface area contributed by atoms with Gasteiger partial charge in [0.15, 0.2) is 15.3 Å². The van der Waals surface area contributed by atoms with E-state index in [9.17, 15) is 13.5 Å². The van der Waals surface area contributed by atoms with Gasteiger partial charge in [-0.2, -0.15) is 0 Å². The van der Waals surface area contributed by atoms with E-state index in [1.807, 2.05) is 62.4 Å². The molecule has 0 radical (unpaired) electrons. The van der Waals surface area contributed by atoms with Gasteiger partial charge in [-0.3, -0.25) is 0 Å². The van der Waals surface area contributed by atoms with Gasteiger partial charge in [0.25, 0.3) is 0 Å². The number of unbranched alkanes of at least 4 members (excludes halogenated alkanes) is 3. The lowest BCUT2D eigenvalue weighted by molar-refractivity contribution is -0.180. The second kappa shape index (κ2) is 15.5. The predicted octanol–water partition coefficient (Wildman–Crippen LogP) is 5.60. The Balaban J connectivity index is 1.05. The smallest absolute Gasteiger partial charge is 0.205 e. The molecule has 228 valence electrons. The highest BCUT2D eigenvalue weighted by molar-refractivity contribution is 7.92. The van der Waals surface area contributed by atoms with Crippen molar-refractivity contribution in [2.24, 2.45) is 0 Å². The van der Waals surface area contributed by atoms with Crippen LogP contribution in [0.1, 0.15) is 93.4 Å². The Morgan fingerprint density at radius 2 is 1.73 bits per heavy atom. The van der Waals surface area contributed by atoms with Crippen LogP contribution in [0, 0.1) is 0 Å². The van der Waals surface area contributed by atoms with Gasteiger partial charge in [-0.15, -0.1) is 0 Å². The van der Waals surface area contributed by atoms with Gasteiger partial charge in [0, 0.05) is 32.6 Å². The van der Waals surface area contributed by atoms with E-state index in [-0.39, 0.29) is 11.9 Å². The van der Waals surface area contributed by atoms with Crippen molar-refractivity contribution in [1.29, 1.82) is 0 Å². The predicted molar refractivity (Wildman–Crippen MR) is 159 cm³/mol. The third kappa shape index (κ3) is 9.49. The summed E-state index contributed by atoms with van der Waals surface area (Å²) < 4.78 is 49.6. The molecule has 1 aliphatic carbocycles. The molecule has 1 saturated carbocycles. The average molecular weight is 590 g/mol. The minimum absolute atomic E-state index is 0.250. The van der Waals surface area contributed by atoms with Crippen molar-refractivity contribution in [2.75, 3.05) is 32.9 Å². The molecule has 1 aliphatic heterocycles. The van der Waals surface area contributed by atoms with Crippen molar-refractivity contribution in [3.63, 3.8) is 0 Å². The highest BCUT2D eigenvalue weighted by Crippen LogP contribution is 2.35. The van der Waals surface area contributed by atoms with Gasteiger partial charge in [-0.25, -0.2) is 8.42 Å². The van der Waals surface area contributed by atoms with Crippen LogP contribution in [0.4, 0.5) is 0 Å². The van der Waals surface area contributed by atoms with Crippen LogP contribution in [0.5, 0.6) is 5.75 Å². The minimum atomic E-state index is -3.40. The number of benzene rings is 2. The zero-order chi connectivity index (χ0) is 29.1. The molecule has 2 aromatic rings. The Hall–Kier alpha value is -2.01. The molecule has 9 heteroatoms. The number of rotatable bonds is 17. The lowest BCUT2D eigenvalue weighted by atomic mass is 10.0. The first-order chi connectivity index (χ1) is 19.8. The number of aliphatic hydroxyl groups excluding tert-OH is 1. The second-order valence-electron chi connectivity index (χ2n) is 11.5. The van der Waals surface area contributed by atoms with E-state index in [4.69, 9.17) is 18.9 Å². The van der Waals surface area contributed by atoms with Crippen LogP contribution in [0.15, 0.2) is 48.5 Å². The Morgan fingerprint density at radius 1 is 0.976 bits per heavy atom. The first-order valence-corrected chi connectivity index (χ1v) is 16.7. The van der Waals surface area contributed by atoms with Crippen molar-refractivity contribution in [1.82, 2.24) is 5.32 Å². The third-order valence-electron chi connectivity index (χ3n) is 7.76. The molecule has 4 rings (SSSR count). The summed E-state index contributed by atoms with van der Waals surface area (Å²) >= 11 is 0. The molecule has 0 bridgehead atoms. The number of nitrogens with one attached hydrogen (secondary N) is 1. The summed E-state index contributed by atoms with van der Waals surface area (Å²) in [7, 11) is -3.40. The fourth-order valence-electron chi connectivity index (χ4n) is 5.43. The van der Waals surface area contributed by atoms with E-state index in [0.29, 0.717) is 31.9 Å².